The molecule has 1 heterocycles. The van der Waals surface area contributed by atoms with Gasteiger partial charge in [-0.05, 0) is 18.4 Å². The molecule has 0 aliphatic rings. The lowest BCUT2D eigenvalue weighted by Gasteiger charge is -2.15. The third-order valence-corrected chi connectivity index (χ3v) is 2.71. The normalized spacial score (nSPS) is 10.1. The van der Waals surface area contributed by atoms with Gasteiger partial charge in [-0.15, -0.1) is 11.3 Å². The summed E-state index contributed by atoms with van der Waals surface area (Å²) in [5.41, 5.74) is 0. The first-order chi connectivity index (χ1) is 6.75. The highest BCUT2D eigenvalue weighted by Crippen LogP contribution is 2.10. The van der Waals surface area contributed by atoms with Gasteiger partial charge in [0.15, 0.2) is 0 Å². The fraction of sp³-hybridized carbons (Fsp3) is 0.500. The maximum absolute atomic E-state index is 11.7. The van der Waals surface area contributed by atoms with E-state index in [4.69, 9.17) is 4.74 Å². The number of hydrogen-bond donors (Lipinski definition) is 0. The number of rotatable bonds is 5. The minimum Gasteiger partial charge on any atom is -0.380 e. The molecule has 0 saturated carbocycles. The zero-order chi connectivity index (χ0) is 10.4. The summed E-state index contributed by atoms with van der Waals surface area (Å²) in [7, 11) is 1.79. The van der Waals surface area contributed by atoms with Crippen LogP contribution in [0.3, 0.4) is 0 Å². The second-order valence-electron chi connectivity index (χ2n) is 2.90. The summed E-state index contributed by atoms with van der Waals surface area (Å²) < 4.78 is 5.18. The number of ether oxygens (including phenoxy) is 1. The predicted molar refractivity (Wildman–Crippen MR) is 57.8 cm³/mol. The van der Waals surface area contributed by atoms with E-state index in [-0.39, 0.29) is 5.91 Å². The average Bonchev–Trinajstić information content (AvgIpc) is 2.69. The molecule has 0 atom stereocenters. The molecule has 0 unspecified atom stereocenters. The van der Waals surface area contributed by atoms with Crippen LogP contribution in [0.5, 0.6) is 0 Å². The van der Waals surface area contributed by atoms with Crippen molar-refractivity contribution in [2.24, 2.45) is 0 Å². The van der Waals surface area contributed by atoms with Crippen molar-refractivity contribution in [1.82, 2.24) is 4.90 Å². The summed E-state index contributed by atoms with van der Waals surface area (Å²) >= 11 is 1.47. The Hall–Kier alpha value is -0.870. The van der Waals surface area contributed by atoms with Crippen molar-refractivity contribution >= 4 is 17.2 Å². The number of amides is 1. The van der Waals surface area contributed by atoms with Gasteiger partial charge in [0.2, 0.25) is 0 Å². The first-order valence-electron chi connectivity index (χ1n) is 4.62. The topological polar surface area (TPSA) is 29.5 Å². The van der Waals surface area contributed by atoms with Crippen LogP contribution < -0.4 is 0 Å². The maximum atomic E-state index is 11.7. The lowest BCUT2D eigenvalue weighted by molar-refractivity contribution is 0.0714. The lowest BCUT2D eigenvalue weighted by atomic mass is 10.4. The fourth-order valence-electron chi connectivity index (χ4n) is 1.04. The predicted octanol–water partition coefficient (Wildman–Crippen LogP) is 1.86. The van der Waals surface area contributed by atoms with Crippen molar-refractivity contribution in [2.45, 2.75) is 6.92 Å². The first-order valence-corrected chi connectivity index (χ1v) is 5.50. The molecule has 0 aliphatic carbocycles. The Labute approximate surface area is 88.3 Å². The van der Waals surface area contributed by atoms with E-state index in [9.17, 15) is 4.79 Å². The highest BCUT2D eigenvalue weighted by Gasteiger charge is 2.11. The Bertz CT molecular complexity index is 272. The van der Waals surface area contributed by atoms with Crippen LogP contribution >= 0.6 is 11.3 Å². The van der Waals surface area contributed by atoms with Gasteiger partial charge < -0.3 is 9.64 Å². The molecule has 14 heavy (non-hydrogen) atoms. The molecule has 78 valence electrons. The van der Waals surface area contributed by atoms with E-state index in [1.54, 1.807) is 11.9 Å². The number of nitrogens with zero attached hydrogens (tertiary/aromatic N) is 1. The van der Waals surface area contributed by atoms with Gasteiger partial charge in [-0.2, -0.15) is 0 Å². The van der Waals surface area contributed by atoms with Gasteiger partial charge in [-0.25, -0.2) is 0 Å². The summed E-state index contributed by atoms with van der Waals surface area (Å²) in [6, 6.07) is 3.72. The Kier molecular flexibility index (Phi) is 4.62. The summed E-state index contributed by atoms with van der Waals surface area (Å²) in [6.45, 7) is 3.89. The third-order valence-electron chi connectivity index (χ3n) is 1.85. The van der Waals surface area contributed by atoms with Gasteiger partial charge in [0.05, 0.1) is 11.5 Å². The van der Waals surface area contributed by atoms with E-state index in [0.717, 1.165) is 4.88 Å². The van der Waals surface area contributed by atoms with Crippen LogP contribution in [-0.4, -0.2) is 37.6 Å². The van der Waals surface area contributed by atoms with Gasteiger partial charge in [0, 0.05) is 20.2 Å². The molecule has 0 saturated heterocycles. The molecule has 4 heteroatoms. The molecule has 0 spiro atoms. The number of likely N-dealkylation sites (N-methyl/N-ethyl adjacent to an activating group) is 1. The number of carbonyl (C=O) groups excluding carboxylic acids is 1. The van der Waals surface area contributed by atoms with Crippen LogP contribution in [0, 0.1) is 0 Å². The van der Waals surface area contributed by atoms with E-state index in [2.05, 4.69) is 0 Å². The fourth-order valence-corrected chi connectivity index (χ4v) is 1.75. The van der Waals surface area contributed by atoms with Gasteiger partial charge >= 0.3 is 0 Å². The second-order valence-corrected chi connectivity index (χ2v) is 3.85. The van der Waals surface area contributed by atoms with Crippen LogP contribution in [0.4, 0.5) is 0 Å². The van der Waals surface area contributed by atoms with Crippen LogP contribution in [0.2, 0.25) is 0 Å². The highest BCUT2D eigenvalue weighted by molar-refractivity contribution is 7.12. The molecule has 0 aromatic carbocycles. The van der Waals surface area contributed by atoms with Gasteiger partial charge in [0.25, 0.3) is 5.91 Å². The molecule has 0 aliphatic heterocycles. The summed E-state index contributed by atoms with van der Waals surface area (Å²) in [4.78, 5) is 14.1. The Morgan fingerprint density at radius 1 is 1.64 bits per heavy atom. The minimum absolute atomic E-state index is 0.0692. The van der Waals surface area contributed by atoms with Crippen LogP contribution in [0.15, 0.2) is 17.5 Å². The average molecular weight is 213 g/mol. The minimum atomic E-state index is 0.0692. The van der Waals surface area contributed by atoms with Crippen molar-refractivity contribution in [1.29, 1.82) is 0 Å². The van der Waals surface area contributed by atoms with E-state index >= 15 is 0 Å². The molecular formula is C10H15NO2S. The Morgan fingerprint density at radius 3 is 3.00 bits per heavy atom. The standard InChI is InChI=1S/C10H15NO2S/c1-3-13-7-6-11(2)10(12)9-5-4-8-14-9/h4-5,8H,3,6-7H2,1-2H3. The molecule has 1 aromatic heterocycles. The van der Waals surface area contributed by atoms with E-state index in [1.807, 2.05) is 24.4 Å². The first kappa shape index (κ1) is 11.2. The molecule has 1 aromatic rings. The Balaban J connectivity index is 2.37. The van der Waals surface area contributed by atoms with Gasteiger partial charge in [0.1, 0.15) is 0 Å². The van der Waals surface area contributed by atoms with Crippen LogP contribution in [0.1, 0.15) is 16.6 Å². The van der Waals surface area contributed by atoms with Crippen LogP contribution in [-0.2, 0) is 4.74 Å². The molecule has 3 nitrogen and oxygen atoms in total. The van der Waals surface area contributed by atoms with Gasteiger partial charge in [-0.1, -0.05) is 6.07 Å². The number of hydrogen-bond acceptors (Lipinski definition) is 3. The van der Waals surface area contributed by atoms with Crippen molar-refractivity contribution in [3.05, 3.63) is 22.4 Å². The number of thiophene rings is 1. The van der Waals surface area contributed by atoms with Crippen molar-refractivity contribution in [3.8, 4) is 0 Å². The van der Waals surface area contributed by atoms with Crippen molar-refractivity contribution in [2.75, 3.05) is 26.8 Å². The van der Waals surface area contributed by atoms with Crippen LogP contribution in [0.25, 0.3) is 0 Å². The highest BCUT2D eigenvalue weighted by atomic mass is 32.1. The third kappa shape index (κ3) is 3.12. The van der Waals surface area contributed by atoms with E-state index in [1.165, 1.54) is 11.3 Å². The quantitative estimate of drug-likeness (QED) is 0.699. The monoisotopic (exact) mass is 213 g/mol. The van der Waals surface area contributed by atoms with E-state index in [0.29, 0.717) is 19.8 Å². The molecule has 0 N–H and O–H groups in total. The van der Waals surface area contributed by atoms with E-state index < -0.39 is 0 Å². The Morgan fingerprint density at radius 2 is 2.43 bits per heavy atom. The zero-order valence-corrected chi connectivity index (χ0v) is 9.34. The summed E-state index contributed by atoms with van der Waals surface area (Å²) in [5, 5.41) is 1.91. The zero-order valence-electron chi connectivity index (χ0n) is 8.53. The molecule has 0 bridgehead atoms. The molecular weight excluding hydrogens is 198 g/mol. The van der Waals surface area contributed by atoms with Crippen molar-refractivity contribution < 1.29 is 9.53 Å². The van der Waals surface area contributed by atoms with Crippen molar-refractivity contribution in [3.63, 3.8) is 0 Å². The SMILES string of the molecule is CCOCCN(C)C(=O)c1cccs1. The molecule has 1 rings (SSSR count). The molecule has 1 amide bonds. The maximum Gasteiger partial charge on any atom is 0.263 e. The summed E-state index contributed by atoms with van der Waals surface area (Å²) in [6.07, 6.45) is 0. The second kappa shape index (κ2) is 5.78. The smallest absolute Gasteiger partial charge is 0.263 e. The number of carbonyl (C=O) groups is 1. The van der Waals surface area contributed by atoms with Gasteiger partial charge in [-0.3, -0.25) is 4.79 Å². The summed E-state index contributed by atoms with van der Waals surface area (Å²) in [5.74, 6) is 0.0692. The molecule has 0 fully saturated rings. The molecule has 0 radical (unpaired) electrons. The largest absolute Gasteiger partial charge is 0.380 e. The lowest BCUT2D eigenvalue weighted by Crippen LogP contribution is -2.29.